The van der Waals surface area contributed by atoms with E-state index in [1.54, 1.807) is 16.7 Å². The van der Waals surface area contributed by atoms with Crippen molar-refractivity contribution in [2.75, 3.05) is 17.7 Å². The summed E-state index contributed by atoms with van der Waals surface area (Å²) in [4.78, 5) is 12.7. The van der Waals surface area contributed by atoms with Crippen molar-refractivity contribution in [2.45, 2.75) is 25.3 Å². The quantitative estimate of drug-likeness (QED) is 0.189. The minimum absolute atomic E-state index is 0.0499. The fraction of sp³-hybridized carbons (Fsp3) is 0.192. The van der Waals surface area contributed by atoms with Gasteiger partial charge in [0.1, 0.15) is 23.9 Å². The van der Waals surface area contributed by atoms with Crippen LogP contribution in [0.25, 0.3) is 5.69 Å². The van der Waals surface area contributed by atoms with E-state index in [9.17, 15) is 13.6 Å². The highest BCUT2D eigenvalue weighted by molar-refractivity contribution is 9.10. The molecule has 0 radical (unpaired) electrons. The molecule has 0 bridgehead atoms. The van der Waals surface area contributed by atoms with E-state index in [1.807, 2.05) is 55.5 Å². The second kappa shape index (κ2) is 13.2. The molecule has 0 saturated heterocycles. The summed E-state index contributed by atoms with van der Waals surface area (Å²) in [6.45, 7) is -0.427. The number of hydrogen-bond donors (Lipinski definition) is 1. The molecule has 0 saturated carbocycles. The van der Waals surface area contributed by atoms with Crippen molar-refractivity contribution in [2.24, 2.45) is 0 Å². The van der Waals surface area contributed by atoms with Gasteiger partial charge in [0.05, 0.1) is 18.0 Å². The maximum atomic E-state index is 12.7. The van der Waals surface area contributed by atoms with Gasteiger partial charge in [-0.1, -0.05) is 39.8 Å². The zero-order valence-electron chi connectivity index (χ0n) is 20.1. The van der Waals surface area contributed by atoms with Crippen molar-refractivity contribution in [3.8, 4) is 22.9 Å². The highest BCUT2D eigenvalue weighted by Gasteiger charge is 2.18. The lowest BCUT2D eigenvalue weighted by Gasteiger charge is -2.13. The average Bonchev–Trinajstić information content (AvgIpc) is 3.31. The van der Waals surface area contributed by atoms with Crippen molar-refractivity contribution in [1.29, 1.82) is 0 Å². The third-order valence-electron chi connectivity index (χ3n) is 5.00. The van der Waals surface area contributed by atoms with E-state index in [-0.39, 0.29) is 23.8 Å². The predicted octanol–water partition coefficient (Wildman–Crippen LogP) is 6.34. The largest absolute Gasteiger partial charge is 0.494 e. The molecule has 0 aliphatic rings. The van der Waals surface area contributed by atoms with E-state index < -0.39 is 12.5 Å². The van der Waals surface area contributed by atoms with Crippen molar-refractivity contribution in [1.82, 2.24) is 14.8 Å². The Morgan fingerprint density at radius 1 is 1.00 bits per heavy atom. The van der Waals surface area contributed by atoms with Crippen molar-refractivity contribution >= 4 is 39.3 Å². The number of nitrogens with zero attached hydrogens (tertiary/aromatic N) is 3. The van der Waals surface area contributed by atoms with Gasteiger partial charge in [-0.3, -0.25) is 9.36 Å². The van der Waals surface area contributed by atoms with Gasteiger partial charge >= 0.3 is 6.61 Å². The van der Waals surface area contributed by atoms with Gasteiger partial charge in [-0.05, 0) is 67.6 Å². The van der Waals surface area contributed by atoms with Gasteiger partial charge in [-0.15, -0.1) is 10.2 Å². The summed E-state index contributed by atoms with van der Waals surface area (Å²) in [6, 6.07) is 20.8. The zero-order valence-corrected chi connectivity index (χ0v) is 22.5. The van der Waals surface area contributed by atoms with E-state index >= 15 is 0 Å². The molecular formula is C26H23BrF2N4O4S. The molecule has 1 amide bonds. The van der Waals surface area contributed by atoms with Crippen LogP contribution in [0, 0.1) is 0 Å². The maximum Gasteiger partial charge on any atom is 0.387 e. The lowest BCUT2D eigenvalue weighted by atomic mass is 10.3. The van der Waals surface area contributed by atoms with Crippen LogP contribution >= 0.6 is 27.7 Å². The zero-order chi connectivity index (χ0) is 26.9. The van der Waals surface area contributed by atoms with E-state index in [0.717, 1.165) is 27.7 Å². The second-order valence-electron chi connectivity index (χ2n) is 7.62. The Bertz CT molecular complexity index is 1350. The summed E-state index contributed by atoms with van der Waals surface area (Å²) in [5.41, 5.74) is 0.904. The number of thioether (sulfide) groups is 1. The number of aromatic nitrogens is 3. The third-order valence-corrected chi connectivity index (χ3v) is 6.46. The molecule has 1 heterocycles. The van der Waals surface area contributed by atoms with Crippen LogP contribution in [0.15, 0.2) is 82.4 Å². The number of alkyl halides is 2. The number of hydrogen-bond acceptors (Lipinski definition) is 7. The van der Waals surface area contributed by atoms with Crippen LogP contribution in [0.1, 0.15) is 12.7 Å². The Balaban J connectivity index is 1.51. The summed E-state index contributed by atoms with van der Waals surface area (Å²) < 4.78 is 44.0. The number of nitrogens with one attached hydrogen (secondary N) is 1. The van der Waals surface area contributed by atoms with Gasteiger partial charge < -0.3 is 19.5 Å². The molecule has 38 heavy (non-hydrogen) atoms. The minimum atomic E-state index is -3.01. The van der Waals surface area contributed by atoms with Crippen LogP contribution in [0.5, 0.6) is 17.2 Å². The predicted molar refractivity (Wildman–Crippen MR) is 143 cm³/mol. The number of anilines is 1. The smallest absolute Gasteiger partial charge is 0.387 e. The van der Waals surface area contributed by atoms with Gasteiger partial charge in [0.25, 0.3) is 0 Å². The molecule has 3 aromatic carbocycles. The molecule has 4 rings (SSSR count). The first-order chi connectivity index (χ1) is 18.4. The molecule has 0 aliphatic carbocycles. The highest BCUT2D eigenvalue weighted by Crippen LogP contribution is 2.28. The number of para-hydroxylation sites is 2. The van der Waals surface area contributed by atoms with Crippen molar-refractivity contribution in [3.63, 3.8) is 0 Å². The third kappa shape index (κ3) is 7.45. The molecule has 4 aromatic rings. The second-order valence-corrected chi connectivity index (χ2v) is 9.47. The molecule has 0 aliphatic heterocycles. The van der Waals surface area contributed by atoms with E-state index in [4.69, 9.17) is 9.47 Å². The van der Waals surface area contributed by atoms with E-state index in [1.165, 1.54) is 12.1 Å². The summed E-state index contributed by atoms with van der Waals surface area (Å²) in [5.74, 6) is 1.31. The minimum Gasteiger partial charge on any atom is -0.494 e. The summed E-state index contributed by atoms with van der Waals surface area (Å²) >= 11 is 4.54. The van der Waals surface area contributed by atoms with Crippen LogP contribution in [0.2, 0.25) is 0 Å². The molecule has 8 nitrogen and oxygen atoms in total. The van der Waals surface area contributed by atoms with Crippen molar-refractivity contribution in [3.05, 3.63) is 83.1 Å². The molecular weight excluding hydrogens is 582 g/mol. The highest BCUT2D eigenvalue weighted by atomic mass is 79.9. The monoisotopic (exact) mass is 604 g/mol. The number of ether oxygens (including phenoxy) is 3. The van der Waals surface area contributed by atoms with Crippen LogP contribution in [0.3, 0.4) is 0 Å². The number of carbonyl (C=O) groups excluding carboxylic acids is 1. The van der Waals surface area contributed by atoms with Crippen LogP contribution < -0.4 is 19.5 Å². The Morgan fingerprint density at radius 3 is 2.39 bits per heavy atom. The number of amides is 1. The fourth-order valence-corrected chi connectivity index (χ4v) is 4.40. The SMILES string of the molecule is CCOc1ccc(-n2c(COc3ccc(Br)cc3)nnc2SCC(=O)Nc2ccccc2OC(F)F)cc1. The van der Waals surface area contributed by atoms with Gasteiger partial charge in [0.2, 0.25) is 5.91 Å². The molecule has 198 valence electrons. The Kier molecular flexibility index (Phi) is 9.55. The number of rotatable bonds is 12. The first-order valence-corrected chi connectivity index (χ1v) is 13.2. The standard InChI is InChI=1S/C26H23BrF2N4O4S/c1-2-35-19-13-9-18(10-14-19)33-23(15-36-20-11-7-17(27)8-12-20)31-32-26(33)38-16-24(34)30-21-5-3-4-6-22(21)37-25(28)29/h3-14,25H,2,15-16H2,1H3,(H,30,34). The normalized spacial score (nSPS) is 10.9. The summed E-state index contributed by atoms with van der Waals surface area (Å²) in [6.07, 6.45) is 0. The van der Waals surface area contributed by atoms with Gasteiger partial charge in [-0.25, -0.2) is 0 Å². The van der Waals surface area contributed by atoms with E-state index in [2.05, 4.69) is 36.2 Å². The molecule has 0 unspecified atom stereocenters. The first-order valence-electron chi connectivity index (χ1n) is 11.5. The molecule has 12 heteroatoms. The Labute approximate surface area is 230 Å². The molecule has 0 spiro atoms. The first kappa shape index (κ1) is 27.4. The molecule has 0 atom stereocenters. The summed E-state index contributed by atoms with van der Waals surface area (Å²) in [5, 5.41) is 11.6. The van der Waals surface area contributed by atoms with Gasteiger partial charge in [-0.2, -0.15) is 8.78 Å². The Hall–Kier alpha value is -3.64. The van der Waals surface area contributed by atoms with Crippen LogP contribution in [-0.2, 0) is 11.4 Å². The molecule has 1 N–H and O–H groups in total. The van der Waals surface area contributed by atoms with Gasteiger partial charge in [0.15, 0.2) is 11.0 Å². The topological polar surface area (TPSA) is 87.5 Å². The average molecular weight is 605 g/mol. The van der Waals surface area contributed by atoms with E-state index in [0.29, 0.717) is 23.3 Å². The number of benzene rings is 3. The van der Waals surface area contributed by atoms with Crippen LogP contribution in [-0.4, -0.2) is 39.6 Å². The fourth-order valence-electron chi connectivity index (χ4n) is 3.37. The van der Waals surface area contributed by atoms with Crippen molar-refractivity contribution < 1.29 is 27.8 Å². The maximum absolute atomic E-state index is 12.7. The molecule has 1 aromatic heterocycles. The summed E-state index contributed by atoms with van der Waals surface area (Å²) in [7, 11) is 0. The number of halogens is 3. The van der Waals surface area contributed by atoms with Gasteiger partial charge in [0, 0.05) is 10.2 Å². The lowest BCUT2D eigenvalue weighted by molar-refractivity contribution is -0.113. The Morgan fingerprint density at radius 2 is 1.68 bits per heavy atom. The van der Waals surface area contributed by atoms with Crippen LogP contribution in [0.4, 0.5) is 14.5 Å². The lowest BCUT2D eigenvalue weighted by Crippen LogP contribution is -2.16. The number of carbonyl (C=O) groups is 1. The molecule has 0 fully saturated rings.